The molecular weight excluding hydrogens is 316 g/mol. The smallest absolute Gasteiger partial charge is 0.135 e. The van der Waals surface area contributed by atoms with E-state index in [1.807, 2.05) is 0 Å². The molecule has 4 rings (SSSR count). The summed E-state index contributed by atoms with van der Waals surface area (Å²) in [4.78, 5) is 3.62. The molecule has 0 saturated heterocycles. The van der Waals surface area contributed by atoms with Gasteiger partial charge in [0, 0.05) is 31.3 Å². The van der Waals surface area contributed by atoms with Crippen molar-refractivity contribution in [3.8, 4) is 0 Å². The van der Waals surface area contributed by atoms with Gasteiger partial charge in [0.05, 0.1) is 7.05 Å². The van der Waals surface area contributed by atoms with Crippen LogP contribution in [-0.4, -0.2) is 27.2 Å². The van der Waals surface area contributed by atoms with Crippen molar-refractivity contribution in [1.29, 1.82) is 0 Å². The molecule has 0 aromatic heterocycles. The monoisotopic (exact) mass is 343 g/mol. The quantitative estimate of drug-likeness (QED) is 0.747. The highest BCUT2D eigenvalue weighted by atomic mass is 15.2. The fourth-order valence-corrected chi connectivity index (χ4v) is 4.27. The maximum Gasteiger partial charge on any atom is 0.135 e. The molecule has 0 radical (unpaired) electrons. The molecule has 2 heteroatoms. The Bertz CT molecular complexity index is 954. The topological polar surface area (TPSA) is 7.68 Å². The van der Waals surface area contributed by atoms with Crippen molar-refractivity contribution >= 4 is 28.2 Å². The van der Waals surface area contributed by atoms with Gasteiger partial charge in [-0.1, -0.05) is 49.4 Å². The van der Waals surface area contributed by atoms with E-state index in [9.17, 15) is 0 Å². The number of nitrogens with one attached hydrogen (secondary N) is 1. The molecule has 1 aliphatic rings. The highest BCUT2D eigenvalue weighted by Gasteiger charge is 2.37. The van der Waals surface area contributed by atoms with Crippen molar-refractivity contribution in [3.63, 3.8) is 0 Å². The maximum absolute atomic E-state index is 2.39. The van der Waals surface area contributed by atoms with Crippen molar-refractivity contribution in [2.24, 2.45) is 0 Å². The molecule has 0 bridgehead atoms. The van der Waals surface area contributed by atoms with Crippen molar-refractivity contribution in [2.45, 2.75) is 18.9 Å². The molecule has 0 amide bonds. The molecule has 1 heterocycles. The largest absolute Gasteiger partial charge is 0.378 e. The van der Waals surface area contributed by atoms with E-state index in [0.717, 1.165) is 0 Å². The minimum Gasteiger partial charge on any atom is -0.378 e. The molecule has 3 unspecified atom stereocenters. The first kappa shape index (κ1) is 16.9. The van der Waals surface area contributed by atoms with Gasteiger partial charge in [0.1, 0.15) is 11.7 Å². The summed E-state index contributed by atoms with van der Waals surface area (Å²) in [5, 5.41) is 2.75. The average Bonchev–Trinajstić information content (AvgIpc) is 2.91. The fourth-order valence-electron chi connectivity index (χ4n) is 4.27. The predicted octanol–water partition coefficient (Wildman–Crippen LogP) is 4.25. The Labute approximate surface area is 156 Å². The number of benzene rings is 3. The Morgan fingerprint density at radius 2 is 1.65 bits per heavy atom. The Morgan fingerprint density at radius 1 is 0.923 bits per heavy atom. The molecule has 26 heavy (non-hydrogen) atoms. The number of nitrogens with zero attached hydrogens (tertiary/aromatic N) is 1. The van der Waals surface area contributed by atoms with Crippen LogP contribution in [0.2, 0.25) is 0 Å². The Morgan fingerprint density at radius 3 is 2.38 bits per heavy atom. The Balaban J connectivity index is 1.64. The number of likely N-dealkylation sites (N-methyl/N-ethyl adjacent to an activating group) is 1. The van der Waals surface area contributed by atoms with Crippen LogP contribution in [0.3, 0.4) is 0 Å². The fraction of sp³-hybridized carbons (Fsp3) is 0.250. The SMILES string of the molecule is CC1c2c(ccc3ccccc23)[NH+](C)C1C=Cc1ccc(N(C)C)cc1. The third kappa shape index (κ3) is 2.81. The molecule has 3 aromatic carbocycles. The molecule has 1 aliphatic heterocycles. The van der Waals surface area contributed by atoms with Gasteiger partial charge in [0.15, 0.2) is 0 Å². The number of quaternary nitrogens is 1. The highest BCUT2D eigenvalue weighted by molar-refractivity contribution is 5.90. The maximum atomic E-state index is 2.39. The molecular formula is C24H27N2+. The Kier molecular flexibility index (Phi) is 4.29. The third-order valence-electron chi connectivity index (χ3n) is 5.80. The van der Waals surface area contributed by atoms with E-state index < -0.39 is 0 Å². The lowest BCUT2D eigenvalue weighted by atomic mass is 9.92. The average molecular weight is 343 g/mol. The van der Waals surface area contributed by atoms with Crippen molar-refractivity contribution in [3.05, 3.63) is 77.9 Å². The molecule has 2 nitrogen and oxygen atoms in total. The van der Waals surface area contributed by atoms with Gasteiger partial charge >= 0.3 is 0 Å². The first-order valence-corrected chi connectivity index (χ1v) is 9.37. The van der Waals surface area contributed by atoms with Crippen molar-refractivity contribution < 1.29 is 4.90 Å². The van der Waals surface area contributed by atoms with Crippen LogP contribution in [-0.2, 0) is 0 Å². The van der Waals surface area contributed by atoms with Crippen LogP contribution in [0.5, 0.6) is 0 Å². The van der Waals surface area contributed by atoms with Crippen LogP contribution >= 0.6 is 0 Å². The second-order valence-electron chi connectivity index (χ2n) is 7.59. The lowest BCUT2D eigenvalue weighted by molar-refractivity contribution is -0.825. The summed E-state index contributed by atoms with van der Waals surface area (Å²) in [5.41, 5.74) is 5.45. The summed E-state index contributed by atoms with van der Waals surface area (Å²) >= 11 is 0. The second kappa shape index (κ2) is 6.62. The van der Waals surface area contributed by atoms with Gasteiger partial charge in [-0.05, 0) is 46.7 Å². The lowest BCUT2D eigenvalue weighted by Crippen LogP contribution is -3.06. The van der Waals surface area contributed by atoms with Gasteiger partial charge in [-0.3, -0.25) is 4.90 Å². The van der Waals surface area contributed by atoms with E-state index in [4.69, 9.17) is 0 Å². The van der Waals surface area contributed by atoms with Gasteiger partial charge in [-0.25, -0.2) is 0 Å². The highest BCUT2D eigenvalue weighted by Crippen LogP contribution is 2.36. The van der Waals surface area contributed by atoms with Crippen LogP contribution in [0.15, 0.2) is 66.7 Å². The minimum absolute atomic E-state index is 0.462. The number of hydrogen-bond donors (Lipinski definition) is 1. The standard InChI is InChI=1S/C24H26N2/c1-17-22(15-11-18-9-13-20(14-10-18)25(2)3)26(4)23-16-12-19-7-5-6-8-21(19)24(17)23/h5-17,22H,1-4H3/p+1. The second-order valence-corrected chi connectivity index (χ2v) is 7.59. The van der Waals surface area contributed by atoms with Crippen LogP contribution < -0.4 is 9.80 Å². The van der Waals surface area contributed by atoms with Crippen LogP contribution in [0, 0.1) is 0 Å². The van der Waals surface area contributed by atoms with Crippen LogP contribution in [0.1, 0.15) is 24.0 Å². The van der Waals surface area contributed by atoms with Gasteiger partial charge in [-0.15, -0.1) is 0 Å². The van der Waals surface area contributed by atoms with E-state index >= 15 is 0 Å². The van der Waals surface area contributed by atoms with E-state index in [-0.39, 0.29) is 0 Å². The molecule has 0 saturated carbocycles. The summed E-state index contributed by atoms with van der Waals surface area (Å²) < 4.78 is 0. The van der Waals surface area contributed by atoms with Crippen LogP contribution in [0.25, 0.3) is 16.8 Å². The van der Waals surface area contributed by atoms with E-state index in [1.165, 1.54) is 38.2 Å². The first-order chi connectivity index (χ1) is 12.6. The molecule has 3 aromatic rings. The zero-order valence-electron chi connectivity index (χ0n) is 16.0. The summed E-state index contributed by atoms with van der Waals surface area (Å²) in [5.74, 6) is 0.508. The van der Waals surface area contributed by atoms with Gasteiger partial charge in [-0.2, -0.15) is 0 Å². The predicted molar refractivity (Wildman–Crippen MR) is 113 cm³/mol. The first-order valence-electron chi connectivity index (χ1n) is 9.37. The summed E-state index contributed by atoms with van der Waals surface area (Å²) in [6.45, 7) is 2.37. The number of fused-ring (bicyclic) bond motifs is 3. The molecule has 0 spiro atoms. The molecule has 3 atom stereocenters. The summed E-state index contributed by atoms with van der Waals surface area (Å²) in [7, 11) is 6.44. The molecule has 132 valence electrons. The Hall–Kier alpha value is -2.58. The third-order valence-corrected chi connectivity index (χ3v) is 5.80. The van der Waals surface area contributed by atoms with Gasteiger partial charge in [0.2, 0.25) is 0 Å². The minimum atomic E-state index is 0.462. The molecule has 1 N–H and O–H groups in total. The molecule has 0 aliphatic carbocycles. The normalized spacial score (nSPS) is 22.1. The van der Waals surface area contributed by atoms with Gasteiger partial charge < -0.3 is 4.90 Å². The zero-order chi connectivity index (χ0) is 18.3. The summed E-state index contributed by atoms with van der Waals surface area (Å²) in [6.07, 6.45) is 4.66. The van der Waals surface area contributed by atoms with E-state index in [0.29, 0.717) is 12.0 Å². The van der Waals surface area contributed by atoms with E-state index in [1.54, 1.807) is 0 Å². The van der Waals surface area contributed by atoms with E-state index in [2.05, 4.69) is 106 Å². The van der Waals surface area contributed by atoms with Gasteiger partial charge in [0.25, 0.3) is 0 Å². The van der Waals surface area contributed by atoms with Crippen molar-refractivity contribution in [1.82, 2.24) is 0 Å². The lowest BCUT2D eigenvalue weighted by Gasteiger charge is -2.16. The molecule has 0 fully saturated rings. The number of rotatable bonds is 3. The van der Waals surface area contributed by atoms with Crippen molar-refractivity contribution in [2.75, 3.05) is 26.0 Å². The zero-order valence-corrected chi connectivity index (χ0v) is 16.0. The number of anilines is 1. The number of hydrogen-bond acceptors (Lipinski definition) is 1. The summed E-state index contributed by atoms with van der Waals surface area (Å²) in [6, 6.07) is 22.5. The van der Waals surface area contributed by atoms with Crippen LogP contribution in [0.4, 0.5) is 11.4 Å².